The molecule has 0 unspecified atom stereocenters. The van der Waals surface area contributed by atoms with Crippen molar-refractivity contribution < 1.29 is 17.2 Å². The van der Waals surface area contributed by atoms with E-state index in [1.807, 2.05) is 30.3 Å². The highest BCUT2D eigenvalue weighted by Crippen LogP contribution is 1.94. The van der Waals surface area contributed by atoms with Crippen LogP contribution in [0, 0.1) is 5.41 Å². The van der Waals surface area contributed by atoms with Crippen molar-refractivity contribution in [3.8, 4) is 0 Å². The molecule has 0 bridgehead atoms. The third-order valence-corrected chi connectivity index (χ3v) is 1.72. The minimum Gasteiger partial charge on any atom is -0.384 e. The first-order valence-corrected chi connectivity index (χ1v) is 5.16. The molecule has 1 aromatic rings. The van der Waals surface area contributed by atoms with Gasteiger partial charge in [-0.25, -0.2) is 0 Å². The number of hydrogen-bond acceptors (Lipinski definition) is 4. The van der Waals surface area contributed by atoms with E-state index in [0.29, 0.717) is 0 Å². The van der Waals surface area contributed by atoms with E-state index in [2.05, 4.69) is 4.18 Å². The van der Waals surface area contributed by atoms with Gasteiger partial charge in [-0.3, -0.25) is 14.1 Å². The van der Waals surface area contributed by atoms with Gasteiger partial charge in [-0.05, 0) is 0 Å². The molecule has 0 aliphatic carbocycles. The SMILES string of the molecule is COS(=O)(=O)O.N=C(N)c1ccccc1. The molecule has 0 spiro atoms. The average Bonchev–Trinajstić information content (AvgIpc) is 2.19. The van der Waals surface area contributed by atoms with Gasteiger partial charge < -0.3 is 5.73 Å². The number of nitrogen functional groups attached to an aromatic ring is 1. The van der Waals surface area contributed by atoms with Crippen molar-refractivity contribution >= 4 is 16.2 Å². The van der Waals surface area contributed by atoms with Crippen molar-refractivity contribution in [1.82, 2.24) is 0 Å². The van der Waals surface area contributed by atoms with Crippen LogP contribution in [0.3, 0.4) is 0 Å². The van der Waals surface area contributed by atoms with Crippen LogP contribution < -0.4 is 5.73 Å². The molecular formula is C8H12N2O4S. The molecule has 84 valence electrons. The van der Waals surface area contributed by atoms with Crippen LogP contribution in [0.25, 0.3) is 0 Å². The van der Waals surface area contributed by atoms with Gasteiger partial charge in [-0.2, -0.15) is 8.42 Å². The lowest BCUT2D eigenvalue weighted by molar-refractivity contribution is 0.324. The second-order valence-electron chi connectivity index (χ2n) is 2.37. The van der Waals surface area contributed by atoms with Gasteiger partial charge in [0.2, 0.25) is 0 Å². The molecule has 0 radical (unpaired) electrons. The Hall–Kier alpha value is -1.44. The first-order valence-electron chi connectivity index (χ1n) is 3.79. The zero-order valence-electron chi connectivity index (χ0n) is 8.04. The monoisotopic (exact) mass is 232 g/mol. The Bertz CT molecular complexity index is 402. The van der Waals surface area contributed by atoms with Gasteiger partial charge >= 0.3 is 10.4 Å². The van der Waals surface area contributed by atoms with Crippen LogP contribution in [0.15, 0.2) is 30.3 Å². The number of amidine groups is 1. The van der Waals surface area contributed by atoms with Gasteiger partial charge in [0.25, 0.3) is 0 Å². The van der Waals surface area contributed by atoms with E-state index in [1.54, 1.807) is 0 Å². The summed E-state index contributed by atoms with van der Waals surface area (Å²) in [5.74, 6) is 0.121. The molecule has 0 aliphatic heterocycles. The fourth-order valence-electron chi connectivity index (χ4n) is 0.618. The maximum absolute atomic E-state index is 9.33. The molecule has 0 saturated heterocycles. The molecule has 4 N–H and O–H groups in total. The van der Waals surface area contributed by atoms with Crippen molar-refractivity contribution in [1.29, 1.82) is 5.41 Å². The Kier molecular flexibility index (Phi) is 5.53. The van der Waals surface area contributed by atoms with Gasteiger partial charge in [0, 0.05) is 5.56 Å². The standard InChI is InChI=1S/C7H8N2.CH4O4S/c8-7(9)6-4-2-1-3-5-6;1-5-6(2,3)4/h1-5H,(H3,8,9);1H3,(H,2,3,4). The summed E-state index contributed by atoms with van der Waals surface area (Å²) in [6.45, 7) is 0. The van der Waals surface area contributed by atoms with Crippen LogP contribution in [0.5, 0.6) is 0 Å². The molecule has 0 heterocycles. The van der Waals surface area contributed by atoms with Crippen LogP contribution in [0.1, 0.15) is 5.56 Å². The Morgan fingerprint density at radius 1 is 1.40 bits per heavy atom. The lowest BCUT2D eigenvalue weighted by Gasteiger charge is -1.93. The highest BCUT2D eigenvalue weighted by molar-refractivity contribution is 7.80. The zero-order chi connectivity index (χ0) is 11.9. The van der Waals surface area contributed by atoms with Gasteiger partial charge in [0.05, 0.1) is 7.11 Å². The first-order chi connectivity index (χ1) is 6.87. The predicted octanol–water partition coefficient (Wildman–Crippen LogP) is 0.406. The second-order valence-corrected chi connectivity index (χ2v) is 3.56. The van der Waals surface area contributed by atoms with Crippen molar-refractivity contribution in [3.05, 3.63) is 35.9 Å². The number of hydrogen-bond donors (Lipinski definition) is 3. The maximum atomic E-state index is 9.33. The zero-order valence-corrected chi connectivity index (χ0v) is 8.86. The fraction of sp³-hybridized carbons (Fsp3) is 0.125. The topological polar surface area (TPSA) is 113 Å². The molecule has 0 saturated carbocycles. The average molecular weight is 232 g/mol. The van der Waals surface area contributed by atoms with Crippen molar-refractivity contribution in [2.75, 3.05) is 7.11 Å². The van der Waals surface area contributed by atoms with E-state index in [4.69, 9.17) is 15.7 Å². The molecule has 15 heavy (non-hydrogen) atoms. The van der Waals surface area contributed by atoms with Crippen molar-refractivity contribution in [3.63, 3.8) is 0 Å². The molecule has 0 aliphatic rings. The number of benzene rings is 1. The Labute approximate surface area is 88.1 Å². The normalized spacial score (nSPS) is 10.0. The molecule has 1 aromatic carbocycles. The minimum atomic E-state index is -4.16. The summed E-state index contributed by atoms with van der Waals surface area (Å²) in [6.07, 6.45) is 0. The second kappa shape index (κ2) is 6.12. The van der Waals surface area contributed by atoms with Gasteiger partial charge in [0.15, 0.2) is 0 Å². The van der Waals surface area contributed by atoms with Crippen LogP contribution in [-0.4, -0.2) is 25.9 Å². The largest absolute Gasteiger partial charge is 0.397 e. The summed E-state index contributed by atoms with van der Waals surface area (Å²) >= 11 is 0. The number of nitrogens with two attached hydrogens (primary N) is 1. The molecule has 0 amide bonds. The first kappa shape index (κ1) is 13.6. The Morgan fingerprint density at radius 2 is 1.80 bits per heavy atom. The van der Waals surface area contributed by atoms with Crippen molar-refractivity contribution in [2.24, 2.45) is 5.73 Å². The smallest absolute Gasteiger partial charge is 0.384 e. The van der Waals surface area contributed by atoms with E-state index in [0.717, 1.165) is 12.7 Å². The van der Waals surface area contributed by atoms with Crippen LogP contribution in [0.4, 0.5) is 0 Å². The Morgan fingerprint density at radius 3 is 2.00 bits per heavy atom. The lowest BCUT2D eigenvalue weighted by Crippen LogP contribution is -2.10. The van der Waals surface area contributed by atoms with E-state index in [1.165, 1.54) is 0 Å². The van der Waals surface area contributed by atoms with E-state index in [-0.39, 0.29) is 5.84 Å². The summed E-state index contributed by atoms with van der Waals surface area (Å²) in [7, 11) is -3.29. The summed E-state index contributed by atoms with van der Waals surface area (Å²) in [5.41, 5.74) is 5.97. The van der Waals surface area contributed by atoms with Gasteiger partial charge in [0.1, 0.15) is 5.84 Å². The van der Waals surface area contributed by atoms with E-state index >= 15 is 0 Å². The minimum absolute atomic E-state index is 0.121. The van der Waals surface area contributed by atoms with Gasteiger partial charge in [-0.1, -0.05) is 30.3 Å². The molecule has 0 atom stereocenters. The van der Waals surface area contributed by atoms with Crippen molar-refractivity contribution in [2.45, 2.75) is 0 Å². The molecule has 0 aromatic heterocycles. The molecule has 6 nitrogen and oxygen atoms in total. The quantitative estimate of drug-likeness (QED) is 0.388. The number of rotatable bonds is 2. The predicted molar refractivity (Wildman–Crippen MR) is 56.0 cm³/mol. The highest BCUT2D eigenvalue weighted by atomic mass is 32.3. The summed E-state index contributed by atoms with van der Waals surface area (Å²) in [6, 6.07) is 9.23. The molecule has 0 fully saturated rings. The lowest BCUT2D eigenvalue weighted by atomic mass is 10.2. The Balaban J connectivity index is 0.000000288. The van der Waals surface area contributed by atoms with Crippen LogP contribution in [-0.2, 0) is 14.6 Å². The van der Waals surface area contributed by atoms with E-state index < -0.39 is 10.4 Å². The molecule has 1 rings (SSSR count). The highest BCUT2D eigenvalue weighted by Gasteiger charge is 1.94. The van der Waals surface area contributed by atoms with Gasteiger partial charge in [-0.15, -0.1) is 0 Å². The third kappa shape index (κ3) is 7.62. The fourth-order valence-corrected chi connectivity index (χ4v) is 0.618. The van der Waals surface area contributed by atoms with E-state index in [9.17, 15) is 8.42 Å². The number of nitrogens with one attached hydrogen (secondary N) is 1. The molecular weight excluding hydrogens is 220 g/mol. The third-order valence-electron chi connectivity index (χ3n) is 1.30. The summed E-state index contributed by atoms with van der Waals surface area (Å²) in [5, 5.41) is 7.01. The maximum Gasteiger partial charge on any atom is 0.397 e. The summed E-state index contributed by atoms with van der Waals surface area (Å²) in [4.78, 5) is 0. The summed E-state index contributed by atoms with van der Waals surface area (Å²) < 4.78 is 29.7. The van der Waals surface area contributed by atoms with Crippen LogP contribution in [0.2, 0.25) is 0 Å². The van der Waals surface area contributed by atoms with Crippen LogP contribution >= 0.6 is 0 Å². The molecule has 7 heteroatoms.